The Kier molecular flexibility index (Phi) is 5.95. The summed E-state index contributed by atoms with van der Waals surface area (Å²) in [5, 5.41) is 6.92. The van der Waals surface area contributed by atoms with Gasteiger partial charge in [0.1, 0.15) is 0 Å². The molecule has 0 saturated carbocycles. The second-order valence-corrected chi connectivity index (χ2v) is 5.38. The molecule has 0 aliphatic rings. The Morgan fingerprint density at radius 1 is 1.50 bits per heavy atom. The third-order valence-electron chi connectivity index (χ3n) is 2.51. The Morgan fingerprint density at radius 2 is 2.25 bits per heavy atom. The molecule has 0 aliphatic heterocycles. The Morgan fingerprint density at radius 3 is 2.75 bits per heavy atom. The molecule has 1 atom stereocenters. The van der Waals surface area contributed by atoms with Gasteiger partial charge >= 0.3 is 0 Å². The van der Waals surface area contributed by atoms with Gasteiger partial charge in [0.15, 0.2) is 0 Å². The Balaban J connectivity index is 2.43. The Hall–Kier alpha value is -0.450. The van der Waals surface area contributed by atoms with Crippen LogP contribution in [0.15, 0.2) is 5.38 Å². The van der Waals surface area contributed by atoms with Gasteiger partial charge in [-0.05, 0) is 40.5 Å². The second-order valence-electron chi connectivity index (χ2n) is 4.43. The summed E-state index contributed by atoms with van der Waals surface area (Å²) in [6.45, 7) is 6.38. The number of hydrogen-bond acceptors (Lipinski definition) is 4. The van der Waals surface area contributed by atoms with Crippen LogP contribution in [-0.4, -0.2) is 43.1 Å². The lowest BCUT2D eigenvalue weighted by Gasteiger charge is -2.19. The van der Waals surface area contributed by atoms with Gasteiger partial charge in [0.05, 0.1) is 5.01 Å². The van der Waals surface area contributed by atoms with Gasteiger partial charge in [-0.1, -0.05) is 6.92 Å². The molecule has 0 aromatic carbocycles. The van der Waals surface area contributed by atoms with Crippen molar-refractivity contribution < 1.29 is 0 Å². The van der Waals surface area contributed by atoms with E-state index in [1.165, 1.54) is 11.4 Å². The minimum absolute atomic E-state index is 0.554. The SMILES string of the molecule is CCNC(CCN(C)C)Cc1nc(C)cs1. The normalized spacial score (nSPS) is 13.3. The molecule has 0 radical (unpaired) electrons. The van der Waals surface area contributed by atoms with Crippen molar-refractivity contribution in [1.82, 2.24) is 15.2 Å². The summed E-state index contributed by atoms with van der Waals surface area (Å²) in [5.74, 6) is 0. The molecule has 0 saturated heterocycles. The Bertz CT molecular complexity index is 296. The highest BCUT2D eigenvalue weighted by molar-refractivity contribution is 7.09. The maximum Gasteiger partial charge on any atom is 0.0943 e. The fraction of sp³-hybridized carbons (Fsp3) is 0.750. The predicted molar refractivity (Wildman–Crippen MR) is 71.2 cm³/mol. The quantitative estimate of drug-likeness (QED) is 0.790. The number of thiazole rings is 1. The summed E-state index contributed by atoms with van der Waals surface area (Å²) in [7, 11) is 4.24. The largest absolute Gasteiger partial charge is 0.314 e. The fourth-order valence-corrected chi connectivity index (χ4v) is 2.54. The van der Waals surface area contributed by atoms with Crippen LogP contribution < -0.4 is 5.32 Å². The fourth-order valence-electron chi connectivity index (χ4n) is 1.69. The average Bonchev–Trinajstić information content (AvgIpc) is 2.61. The predicted octanol–water partition coefficient (Wildman–Crippen LogP) is 1.92. The van der Waals surface area contributed by atoms with Crippen LogP contribution in [0.3, 0.4) is 0 Å². The van der Waals surface area contributed by atoms with Crippen molar-refractivity contribution in [2.45, 2.75) is 32.7 Å². The highest BCUT2D eigenvalue weighted by Crippen LogP contribution is 2.12. The molecule has 0 aliphatic carbocycles. The zero-order valence-electron chi connectivity index (χ0n) is 10.8. The Labute approximate surface area is 103 Å². The highest BCUT2D eigenvalue weighted by Gasteiger charge is 2.10. The monoisotopic (exact) mass is 241 g/mol. The maximum atomic E-state index is 4.52. The summed E-state index contributed by atoms with van der Waals surface area (Å²) in [6, 6.07) is 0.554. The van der Waals surface area contributed by atoms with E-state index in [4.69, 9.17) is 0 Å². The first-order valence-corrected chi connectivity index (χ1v) is 6.79. The van der Waals surface area contributed by atoms with Crippen molar-refractivity contribution in [3.8, 4) is 0 Å². The minimum Gasteiger partial charge on any atom is -0.314 e. The van der Waals surface area contributed by atoms with E-state index in [1.807, 2.05) is 0 Å². The van der Waals surface area contributed by atoms with Gasteiger partial charge < -0.3 is 10.2 Å². The van der Waals surface area contributed by atoms with E-state index in [0.29, 0.717) is 6.04 Å². The number of likely N-dealkylation sites (N-methyl/N-ethyl adjacent to an activating group) is 1. The first-order valence-electron chi connectivity index (χ1n) is 5.91. The van der Waals surface area contributed by atoms with Crippen molar-refractivity contribution in [2.24, 2.45) is 0 Å². The average molecular weight is 241 g/mol. The van der Waals surface area contributed by atoms with Crippen LogP contribution in [0, 0.1) is 6.92 Å². The van der Waals surface area contributed by atoms with Crippen molar-refractivity contribution >= 4 is 11.3 Å². The number of rotatable bonds is 7. The zero-order valence-corrected chi connectivity index (χ0v) is 11.6. The number of aryl methyl sites for hydroxylation is 1. The van der Waals surface area contributed by atoms with Crippen LogP contribution in [0.1, 0.15) is 24.0 Å². The van der Waals surface area contributed by atoms with E-state index in [2.05, 4.69) is 48.5 Å². The molecule has 4 heteroatoms. The molecule has 3 nitrogen and oxygen atoms in total. The molecule has 1 rings (SSSR count). The van der Waals surface area contributed by atoms with E-state index < -0.39 is 0 Å². The van der Waals surface area contributed by atoms with Crippen LogP contribution in [0.5, 0.6) is 0 Å². The molecule has 1 N–H and O–H groups in total. The van der Waals surface area contributed by atoms with Crippen LogP contribution in [0.4, 0.5) is 0 Å². The molecular weight excluding hydrogens is 218 g/mol. The lowest BCUT2D eigenvalue weighted by molar-refractivity contribution is 0.358. The first-order chi connectivity index (χ1) is 7.61. The molecule has 0 bridgehead atoms. The van der Waals surface area contributed by atoms with Crippen LogP contribution >= 0.6 is 11.3 Å². The van der Waals surface area contributed by atoms with E-state index in [0.717, 1.165) is 25.2 Å². The molecule has 1 aromatic rings. The smallest absolute Gasteiger partial charge is 0.0943 e. The van der Waals surface area contributed by atoms with Gasteiger partial charge in [0, 0.05) is 23.5 Å². The maximum absolute atomic E-state index is 4.52. The van der Waals surface area contributed by atoms with Crippen molar-refractivity contribution in [1.29, 1.82) is 0 Å². The van der Waals surface area contributed by atoms with Crippen molar-refractivity contribution in [2.75, 3.05) is 27.2 Å². The van der Waals surface area contributed by atoms with Crippen molar-refractivity contribution in [3.05, 3.63) is 16.1 Å². The molecule has 0 spiro atoms. The lowest BCUT2D eigenvalue weighted by Crippen LogP contribution is -2.34. The van der Waals surface area contributed by atoms with Gasteiger partial charge in [-0.15, -0.1) is 11.3 Å². The van der Waals surface area contributed by atoms with Gasteiger partial charge in [-0.25, -0.2) is 4.98 Å². The number of aromatic nitrogens is 1. The summed E-state index contributed by atoms with van der Waals surface area (Å²) < 4.78 is 0. The standard InChI is InChI=1S/C12H23N3S/c1-5-13-11(6-7-15(3)4)8-12-14-10(2)9-16-12/h9,11,13H,5-8H2,1-4H3. The third-order valence-corrected chi connectivity index (χ3v) is 3.49. The molecule has 92 valence electrons. The molecule has 1 unspecified atom stereocenters. The summed E-state index contributed by atoms with van der Waals surface area (Å²) in [6.07, 6.45) is 2.24. The zero-order chi connectivity index (χ0) is 12.0. The van der Waals surface area contributed by atoms with E-state index in [-0.39, 0.29) is 0 Å². The van der Waals surface area contributed by atoms with Gasteiger partial charge in [0.2, 0.25) is 0 Å². The minimum atomic E-state index is 0.554. The molecular formula is C12H23N3S. The summed E-state index contributed by atoms with van der Waals surface area (Å²) in [4.78, 5) is 6.76. The topological polar surface area (TPSA) is 28.2 Å². The number of hydrogen-bond donors (Lipinski definition) is 1. The number of nitrogens with one attached hydrogen (secondary N) is 1. The number of nitrogens with zero attached hydrogens (tertiary/aromatic N) is 2. The van der Waals surface area contributed by atoms with Gasteiger partial charge in [-0.3, -0.25) is 0 Å². The van der Waals surface area contributed by atoms with E-state index in [1.54, 1.807) is 11.3 Å². The lowest BCUT2D eigenvalue weighted by atomic mass is 10.1. The summed E-state index contributed by atoms with van der Waals surface area (Å²) >= 11 is 1.77. The molecule has 1 aromatic heterocycles. The molecule has 0 fully saturated rings. The molecule has 1 heterocycles. The molecule has 16 heavy (non-hydrogen) atoms. The van der Waals surface area contributed by atoms with E-state index >= 15 is 0 Å². The van der Waals surface area contributed by atoms with Crippen molar-refractivity contribution in [3.63, 3.8) is 0 Å². The first kappa shape index (κ1) is 13.6. The van der Waals surface area contributed by atoms with Crippen LogP contribution in [-0.2, 0) is 6.42 Å². The summed E-state index contributed by atoms with van der Waals surface area (Å²) in [5.41, 5.74) is 1.14. The highest BCUT2D eigenvalue weighted by atomic mass is 32.1. The van der Waals surface area contributed by atoms with Gasteiger partial charge in [0.25, 0.3) is 0 Å². The van der Waals surface area contributed by atoms with Crippen LogP contribution in [0.25, 0.3) is 0 Å². The third kappa shape index (κ3) is 5.05. The van der Waals surface area contributed by atoms with Crippen LogP contribution in [0.2, 0.25) is 0 Å². The second kappa shape index (κ2) is 6.99. The molecule has 0 amide bonds. The van der Waals surface area contributed by atoms with Gasteiger partial charge in [-0.2, -0.15) is 0 Å². The van der Waals surface area contributed by atoms with E-state index in [9.17, 15) is 0 Å².